The molecule has 1 amide bonds. The van der Waals surface area contributed by atoms with Gasteiger partial charge in [0.1, 0.15) is 5.75 Å². The van der Waals surface area contributed by atoms with E-state index in [9.17, 15) is 9.90 Å². The molecule has 5 nitrogen and oxygen atoms in total. The van der Waals surface area contributed by atoms with Crippen LogP contribution < -0.4 is 5.32 Å². The molecule has 1 heterocycles. The first-order valence-corrected chi connectivity index (χ1v) is 10.2. The number of amides is 1. The van der Waals surface area contributed by atoms with Crippen LogP contribution in [0.2, 0.25) is 0 Å². The molecule has 1 aromatic carbocycles. The number of hydrogen-bond donors (Lipinski definition) is 2. The van der Waals surface area contributed by atoms with Gasteiger partial charge in [-0.1, -0.05) is 26.0 Å². The van der Waals surface area contributed by atoms with E-state index in [0.29, 0.717) is 5.92 Å². The molecule has 29 heavy (non-hydrogen) atoms. The summed E-state index contributed by atoms with van der Waals surface area (Å²) < 4.78 is 0. The molecule has 0 saturated heterocycles. The first kappa shape index (κ1) is 21.1. The molecule has 0 saturated carbocycles. The Kier molecular flexibility index (Phi) is 6.38. The largest absolute Gasteiger partial charge is 0.508 e. The number of aromatic nitrogens is 1. The lowest BCUT2D eigenvalue weighted by Crippen LogP contribution is -2.56. The van der Waals surface area contributed by atoms with Crippen LogP contribution >= 0.6 is 0 Å². The minimum Gasteiger partial charge on any atom is -0.508 e. The second-order valence-electron chi connectivity index (χ2n) is 8.31. The Bertz CT molecular complexity index is 881. The van der Waals surface area contributed by atoms with Gasteiger partial charge in [-0.05, 0) is 73.3 Å². The topological polar surface area (TPSA) is 65.5 Å². The fraction of sp³-hybridized carbons (Fsp3) is 0.417. The van der Waals surface area contributed by atoms with Crippen LogP contribution in [0.4, 0.5) is 0 Å². The highest BCUT2D eigenvalue weighted by Gasteiger charge is 2.46. The average molecular weight is 394 g/mol. The van der Waals surface area contributed by atoms with Crippen molar-refractivity contribution in [2.45, 2.75) is 38.1 Å². The zero-order valence-corrected chi connectivity index (χ0v) is 17.7. The van der Waals surface area contributed by atoms with E-state index in [0.717, 1.165) is 30.5 Å². The molecule has 2 N–H and O–H groups in total. The summed E-state index contributed by atoms with van der Waals surface area (Å²) in [6.45, 7) is 5.27. The van der Waals surface area contributed by atoms with Crippen molar-refractivity contribution < 1.29 is 9.90 Å². The van der Waals surface area contributed by atoms with Crippen LogP contribution in [0.5, 0.6) is 5.75 Å². The lowest BCUT2D eigenvalue weighted by Gasteiger charge is -2.50. The molecule has 0 radical (unpaired) electrons. The van der Waals surface area contributed by atoms with E-state index in [4.69, 9.17) is 0 Å². The number of carbonyl (C=O) groups is 1. The van der Waals surface area contributed by atoms with Crippen molar-refractivity contribution in [1.29, 1.82) is 0 Å². The SMILES string of the molecule is CNCC[C@@]1(C)c2cc(O)ccc2C[C@@H](C)[C@@H]1N(C)C(=O)/C=C/c1cccnc1. The molecule has 1 aliphatic carbocycles. The minimum atomic E-state index is -0.263. The van der Waals surface area contributed by atoms with Crippen LogP contribution in [0.3, 0.4) is 0 Å². The summed E-state index contributed by atoms with van der Waals surface area (Å²) >= 11 is 0. The maximum atomic E-state index is 13.1. The van der Waals surface area contributed by atoms with Crippen molar-refractivity contribution in [3.8, 4) is 5.75 Å². The van der Waals surface area contributed by atoms with Crippen molar-refractivity contribution in [3.63, 3.8) is 0 Å². The standard InChI is InChI=1S/C24H31N3O2/c1-17-14-19-8-9-20(28)15-21(19)24(2,11-13-25-3)23(17)27(4)22(29)10-7-18-6-5-12-26-16-18/h5-10,12,15-17,23,25,28H,11,13-14H2,1-4H3/b10-7+/t17-,23+,24+/m1/s1. The number of phenolic OH excluding ortho intramolecular Hbond substituents is 1. The molecular formula is C24H31N3O2. The number of fused-ring (bicyclic) bond motifs is 1. The van der Waals surface area contributed by atoms with Crippen LogP contribution in [0, 0.1) is 5.92 Å². The third-order valence-electron chi connectivity index (χ3n) is 6.20. The number of phenols is 1. The maximum Gasteiger partial charge on any atom is 0.246 e. The van der Waals surface area contributed by atoms with Crippen LogP contribution in [-0.4, -0.2) is 47.6 Å². The first-order valence-electron chi connectivity index (χ1n) is 10.2. The predicted octanol–water partition coefficient (Wildman–Crippen LogP) is 3.39. The summed E-state index contributed by atoms with van der Waals surface area (Å²) in [4.78, 5) is 19.0. The van der Waals surface area contributed by atoms with Crippen molar-refractivity contribution in [1.82, 2.24) is 15.2 Å². The number of carbonyl (C=O) groups excluding carboxylic acids is 1. The van der Waals surface area contributed by atoms with E-state index in [1.807, 2.05) is 49.3 Å². The maximum absolute atomic E-state index is 13.1. The lowest BCUT2D eigenvalue weighted by molar-refractivity contribution is -0.129. The molecular weight excluding hydrogens is 362 g/mol. The third kappa shape index (κ3) is 4.35. The Morgan fingerprint density at radius 2 is 2.21 bits per heavy atom. The highest BCUT2D eigenvalue weighted by Crippen LogP contribution is 2.45. The predicted molar refractivity (Wildman–Crippen MR) is 117 cm³/mol. The van der Waals surface area contributed by atoms with Crippen LogP contribution in [0.1, 0.15) is 37.0 Å². The van der Waals surface area contributed by atoms with Crippen molar-refractivity contribution in [2.75, 3.05) is 20.6 Å². The summed E-state index contributed by atoms with van der Waals surface area (Å²) in [7, 11) is 3.84. The number of rotatable bonds is 6. The molecule has 0 spiro atoms. The minimum absolute atomic E-state index is 0.0232. The van der Waals surface area contributed by atoms with Crippen LogP contribution in [0.25, 0.3) is 6.08 Å². The number of hydrogen-bond acceptors (Lipinski definition) is 4. The molecule has 2 aromatic rings. The lowest BCUT2D eigenvalue weighted by atomic mass is 9.62. The molecule has 3 rings (SSSR count). The van der Waals surface area contributed by atoms with E-state index in [-0.39, 0.29) is 23.1 Å². The van der Waals surface area contributed by atoms with Gasteiger partial charge in [-0.25, -0.2) is 0 Å². The Labute approximate surface area is 173 Å². The van der Waals surface area contributed by atoms with Gasteiger partial charge in [0.2, 0.25) is 5.91 Å². The number of nitrogens with one attached hydrogen (secondary N) is 1. The third-order valence-corrected chi connectivity index (χ3v) is 6.20. The van der Waals surface area contributed by atoms with Crippen molar-refractivity contribution >= 4 is 12.0 Å². The Hall–Kier alpha value is -2.66. The number of pyridine rings is 1. The number of aromatic hydroxyl groups is 1. The average Bonchev–Trinajstić information content (AvgIpc) is 2.72. The van der Waals surface area contributed by atoms with Gasteiger partial charge in [0.25, 0.3) is 0 Å². The van der Waals surface area contributed by atoms with Gasteiger partial charge in [-0.2, -0.15) is 0 Å². The summed E-state index contributed by atoms with van der Waals surface area (Å²) in [5, 5.41) is 13.4. The molecule has 0 bridgehead atoms. The van der Waals surface area contributed by atoms with E-state index >= 15 is 0 Å². The monoisotopic (exact) mass is 393 g/mol. The molecule has 154 valence electrons. The number of benzene rings is 1. The van der Waals surface area contributed by atoms with E-state index < -0.39 is 0 Å². The van der Waals surface area contributed by atoms with Gasteiger partial charge in [0.15, 0.2) is 0 Å². The van der Waals surface area contributed by atoms with Crippen LogP contribution in [0.15, 0.2) is 48.8 Å². The zero-order valence-electron chi connectivity index (χ0n) is 17.7. The zero-order chi connectivity index (χ0) is 21.0. The van der Waals surface area contributed by atoms with E-state index in [2.05, 4.69) is 24.1 Å². The second-order valence-corrected chi connectivity index (χ2v) is 8.31. The van der Waals surface area contributed by atoms with Gasteiger partial charge in [-0.3, -0.25) is 9.78 Å². The van der Waals surface area contributed by atoms with Gasteiger partial charge >= 0.3 is 0 Å². The summed E-state index contributed by atoms with van der Waals surface area (Å²) in [6.07, 6.45) is 8.65. The van der Waals surface area contributed by atoms with Gasteiger partial charge < -0.3 is 15.3 Å². The van der Waals surface area contributed by atoms with Crippen molar-refractivity contribution in [2.24, 2.45) is 5.92 Å². The Morgan fingerprint density at radius 3 is 2.90 bits per heavy atom. The molecule has 0 unspecified atom stereocenters. The second kappa shape index (κ2) is 8.78. The summed E-state index contributed by atoms with van der Waals surface area (Å²) in [6, 6.07) is 9.48. The highest BCUT2D eigenvalue weighted by atomic mass is 16.3. The number of likely N-dealkylation sites (N-methyl/N-ethyl adjacent to an activating group) is 1. The summed E-state index contributed by atoms with van der Waals surface area (Å²) in [5.74, 6) is 0.554. The van der Waals surface area contributed by atoms with Crippen LogP contribution in [-0.2, 0) is 16.6 Å². The van der Waals surface area contributed by atoms with E-state index in [1.54, 1.807) is 24.5 Å². The summed E-state index contributed by atoms with van der Waals surface area (Å²) in [5.41, 5.74) is 3.05. The first-order chi connectivity index (χ1) is 13.9. The fourth-order valence-electron chi connectivity index (χ4n) is 4.89. The molecule has 1 aromatic heterocycles. The van der Waals surface area contributed by atoms with Gasteiger partial charge in [0, 0.05) is 37.0 Å². The molecule has 1 aliphatic rings. The van der Waals surface area contributed by atoms with Gasteiger partial charge in [0.05, 0.1) is 0 Å². The molecule has 3 atom stereocenters. The smallest absolute Gasteiger partial charge is 0.246 e. The van der Waals surface area contributed by atoms with Gasteiger partial charge in [-0.15, -0.1) is 0 Å². The number of nitrogens with zero attached hydrogens (tertiary/aromatic N) is 2. The molecule has 0 fully saturated rings. The highest BCUT2D eigenvalue weighted by molar-refractivity contribution is 5.92. The Morgan fingerprint density at radius 1 is 1.41 bits per heavy atom. The fourth-order valence-corrected chi connectivity index (χ4v) is 4.89. The van der Waals surface area contributed by atoms with E-state index in [1.165, 1.54) is 5.56 Å². The molecule has 5 heteroatoms. The molecule has 0 aliphatic heterocycles. The normalized spacial score (nSPS) is 23.7. The quantitative estimate of drug-likeness (QED) is 0.739. The Balaban J connectivity index is 1.94. The van der Waals surface area contributed by atoms with Crippen molar-refractivity contribution in [3.05, 3.63) is 65.5 Å².